The van der Waals surface area contributed by atoms with Crippen LogP contribution in [0.15, 0.2) is 18.2 Å². The standard InChI is InChI=1S/C19H28FN3O2S/c1-3-26-12-11-23(16-7-5-4-6-8-16)19(25)22-15-9-10-17(20)18(13-15)21-14(2)24/h9-10,13,16H,3-8,11-12H2,1-2H3,(H,21,24)(H,22,25). The zero-order valence-corrected chi connectivity index (χ0v) is 16.3. The van der Waals surface area contributed by atoms with E-state index in [1.165, 1.54) is 31.5 Å². The molecule has 2 rings (SSSR count). The summed E-state index contributed by atoms with van der Waals surface area (Å²) in [5, 5.41) is 5.31. The van der Waals surface area contributed by atoms with Crippen LogP contribution in [0.5, 0.6) is 0 Å². The molecule has 1 saturated carbocycles. The Labute approximate surface area is 159 Å². The summed E-state index contributed by atoms with van der Waals surface area (Å²) in [4.78, 5) is 26.0. The Morgan fingerprint density at radius 2 is 1.96 bits per heavy atom. The average molecular weight is 382 g/mol. The lowest BCUT2D eigenvalue weighted by atomic mass is 9.94. The highest BCUT2D eigenvalue weighted by atomic mass is 32.2. The van der Waals surface area contributed by atoms with E-state index in [2.05, 4.69) is 17.6 Å². The molecule has 0 heterocycles. The zero-order valence-electron chi connectivity index (χ0n) is 15.5. The number of amides is 3. The number of thioether (sulfide) groups is 1. The van der Waals surface area contributed by atoms with Gasteiger partial charge in [-0.3, -0.25) is 4.79 Å². The molecule has 5 nitrogen and oxygen atoms in total. The molecule has 1 aromatic carbocycles. The third kappa shape index (κ3) is 6.20. The average Bonchev–Trinajstić information content (AvgIpc) is 2.62. The van der Waals surface area contributed by atoms with Crippen LogP contribution in [0.25, 0.3) is 0 Å². The first-order valence-corrected chi connectivity index (χ1v) is 10.4. The third-order valence-electron chi connectivity index (χ3n) is 4.49. The van der Waals surface area contributed by atoms with Crippen LogP contribution >= 0.6 is 11.8 Å². The molecular weight excluding hydrogens is 353 g/mol. The van der Waals surface area contributed by atoms with Crippen LogP contribution in [0, 0.1) is 5.82 Å². The molecule has 144 valence electrons. The molecule has 26 heavy (non-hydrogen) atoms. The van der Waals surface area contributed by atoms with Crippen LogP contribution in [0.3, 0.4) is 0 Å². The van der Waals surface area contributed by atoms with Gasteiger partial charge in [0.05, 0.1) is 5.69 Å². The molecule has 0 atom stereocenters. The van der Waals surface area contributed by atoms with E-state index in [1.54, 1.807) is 0 Å². The van der Waals surface area contributed by atoms with Crippen molar-refractivity contribution in [2.75, 3.05) is 28.7 Å². The quantitative estimate of drug-likeness (QED) is 0.673. The van der Waals surface area contributed by atoms with E-state index in [4.69, 9.17) is 0 Å². The van der Waals surface area contributed by atoms with E-state index in [-0.39, 0.29) is 23.7 Å². The molecule has 2 N–H and O–H groups in total. The van der Waals surface area contributed by atoms with Gasteiger partial charge in [-0.15, -0.1) is 0 Å². The van der Waals surface area contributed by atoms with Crippen LogP contribution in [0.4, 0.5) is 20.6 Å². The van der Waals surface area contributed by atoms with Gasteiger partial charge in [-0.05, 0) is 36.8 Å². The predicted octanol–water partition coefficient (Wildman–Crippen LogP) is 4.70. The molecule has 0 aliphatic heterocycles. The van der Waals surface area contributed by atoms with Crippen LogP contribution < -0.4 is 10.6 Å². The van der Waals surface area contributed by atoms with Crippen LogP contribution in [0.2, 0.25) is 0 Å². The number of anilines is 2. The highest BCUT2D eigenvalue weighted by Gasteiger charge is 2.25. The predicted molar refractivity (Wildman–Crippen MR) is 106 cm³/mol. The molecule has 1 aliphatic rings. The molecular formula is C19H28FN3O2S. The van der Waals surface area contributed by atoms with Gasteiger partial charge in [0.25, 0.3) is 0 Å². The number of carbonyl (C=O) groups is 2. The van der Waals surface area contributed by atoms with Gasteiger partial charge in [0.15, 0.2) is 0 Å². The maximum absolute atomic E-state index is 13.8. The summed E-state index contributed by atoms with van der Waals surface area (Å²) in [5.74, 6) is 1.05. The topological polar surface area (TPSA) is 61.4 Å². The van der Waals surface area contributed by atoms with Crippen molar-refractivity contribution in [1.29, 1.82) is 0 Å². The Hall–Kier alpha value is -1.76. The SMILES string of the molecule is CCSCCN(C(=O)Nc1ccc(F)c(NC(C)=O)c1)C1CCCCC1. The van der Waals surface area contributed by atoms with E-state index in [9.17, 15) is 14.0 Å². The molecule has 1 aromatic rings. The lowest BCUT2D eigenvalue weighted by Crippen LogP contribution is -2.45. The van der Waals surface area contributed by atoms with Crippen molar-refractivity contribution in [2.45, 2.75) is 52.0 Å². The second kappa shape index (κ2) is 10.4. The summed E-state index contributed by atoms with van der Waals surface area (Å²) in [5.41, 5.74) is 0.546. The first-order chi connectivity index (χ1) is 12.5. The fourth-order valence-corrected chi connectivity index (χ4v) is 3.85. The van der Waals surface area contributed by atoms with Crippen molar-refractivity contribution in [3.63, 3.8) is 0 Å². The van der Waals surface area contributed by atoms with E-state index in [0.717, 1.165) is 37.2 Å². The van der Waals surface area contributed by atoms with E-state index < -0.39 is 5.82 Å². The molecule has 3 amide bonds. The highest BCUT2D eigenvalue weighted by molar-refractivity contribution is 7.99. The molecule has 0 bridgehead atoms. The fourth-order valence-electron chi connectivity index (χ4n) is 3.23. The normalized spacial score (nSPS) is 14.7. The smallest absolute Gasteiger partial charge is 0.322 e. The second-order valence-corrected chi connectivity index (χ2v) is 7.88. The number of nitrogens with zero attached hydrogens (tertiary/aromatic N) is 1. The van der Waals surface area contributed by atoms with Crippen LogP contribution in [0.1, 0.15) is 46.0 Å². The molecule has 1 fully saturated rings. The van der Waals surface area contributed by atoms with Gasteiger partial charge in [0.2, 0.25) is 5.91 Å². The second-order valence-electron chi connectivity index (χ2n) is 6.49. The highest BCUT2D eigenvalue weighted by Crippen LogP contribution is 2.25. The first kappa shape index (κ1) is 20.6. The number of halogens is 1. The molecule has 1 aliphatic carbocycles. The minimum absolute atomic E-state index is 0.0704. The monoisotopic (exact) mass is 381 g/mol. The summed E-state index contributed by atoms with van der Waals surface area (Å²) in [6.45, 7) is 4.13. The van der Waals surface area contributed by atoms with Crippen LogP contribution in [-0.4, -0.2) is 40.9 Å². The first-order valence-electron chi connectivity index (χ1n) is 9.23. The van der Waals surface area contributed by atoms with Gasteiger partial charge < -0.3 is 15.5 Å². The Balaban J connectivity index is 2.08. The minimum atomic E-state index is -0.526. The summed E-state index contributed by atoms with van der Waals surface area (Å²) in [6, 6.07) is 4.32. The lowest BCUT2D eigenvalue weighted by molar-refractivity contribution is -0.114. The molecule has 0 unspecified atom stereocenters. The molecule has 0 spiro atoms. The van der Waals surface area contributed by atoms with Crippen molar-refractivity contribution in [3.8, 4) is 0 Å². The number of nitrogens with one attached hydrogen (secondary N) is 2. The van der Waals surface area contributed by atoms with E-state index in [1.807, 2.05) is 16.7 Å². The van der Waals surface area contributed by atoms with Crippen molar-refractivity contribution < 1.29 is 14.0 Å². The Kier molecular flexibility index (Phi) is 8.22. The van der Waals surface area contributed by atoms with E-state index >= 15 is 0 Å². The Morgan fingerprint density at radius 3 is 2.62 bits per heavy atom. The number of carbonyl (C=O) groups excluding carboxylic acids is 2. The number of hydrogen-bond acceptors (Lipinski definition) is 3. The molecule has 7 heteroatoms. The number of benzene rings is 1. The molecule has 0 saturated heterocycles. The maximum Gasteiger partial charge on any atom is 0.322 e. The molecule has 0 radical (unpaired) electrons. The van der Waals surface area contributed by atoms with Crippen molar-refractivity contribution in [3.05, 3.63) is 24.0 Å². The lowest BCUT2D eigenvalue weighted by Gasteiger charge is -2.34. The Morgan fingerprint density at radius 1 is 1.23 bits per heavy atom. The van der Waals surface area contributed by atoms with Gasteiger partial charge in [-0.25, -0.2) is 9.18 Å². The minimum Gasteiger partial charge on any atom is -0.324 e. The third-order valence-corrected chi connectivity index (χ3v) is 5.36. The van der Waals surface area contributed by atoms with Crippen molar-refractivity contribution >= 4 is 35.1 Å². The number of rotatable bonds is 7. The summed E-state index contributed by atoms with van der Waals surface area (Å²) in [6.07, 6.45) is 5.60. The number of urea groups is 1. The summed E-state index contributed by atoms with van der Waals surface area (Å²) < 4.78 is 13.8. The van der Waals surface area contributed by atoms with Gasteiger partial charge in [-0.2, -0.15) is 11.8 Å². The zero-order chi connectivity index (χ0) is 18.9. The largest absolute Gasteiger partial charge is 0.324 e. The van der Waals surface area contributed by atoms with Gasteiger partial charge >= 0.3 is 6.03 Å². The number of hydrogen-bond donors (Lipinski definition) is 2. The van der Waals surface area contributed by atoms with Crippen LogP contribution in [-0.2, 0) is 4.79 Å². The van der Waals surface area contributed by atoms with Crippen molar-refractivity contribution in [2.24, 2.45) is 0 Å². The Bertz CT molecular complexity index is 621. The summed E-state index contributed by atoms with van der Waals surface area (Å²) in [7, 11) is 0. The summed E-state index contributed by atoms with van der Waals surface area (Å²) >= 11 is 1.82. The van der Waals surface area contributed by atoms with Gasteiger partial charge in [0, 0.05) is 31.0 Å². The van der Waals surface area contributed by atoms with E-state index in [0.29, 0.717) is 12.2 Å². The molecule has 0 aromatic heterocycles. The van der Waals surface area contributed by atoms with Gasteiger partial charge in [-0.1, -0.05) is 26.2 Å². The van der Waals surface area contributed by atoms with Crippen molar-refractivity contribution in [1.82, 2.24) is 4.90 Å². The van der Waals surface area contributed by atoms with Gasteiger partial charge in [0.1, 0.15) is 5.82 Å². The fraction of sp³-hybridized carbons (Fsp3) is 0.579. The maximum atomic E-state index is 13.8.